The molecule has 2 aromatic rings. The first kappa shape index (κ1) is 37.5. The van der Waals surface area contributed by atoms with Gasteiger partial charge in [-0.05, 0) is 50.3 Å². The third-order valence-electron chi connectivity index (χ3n) is 8.69. The molecule has 0 aliphatic carbocycles. The van der Waals surface area contributed by atoms with Crippen molar-refractivity contribution < 1.29 is 24.3 Å². The molecule has 0 aliphatic rings. The van der Waals surface area contributed by atoms with Gasteiger partial charge < -0.3 is 30.5 Å². The number of carboxylic acids is 1. The SMILES string of the molecule is CN[C@H](C(=O)N[C@H](C(=O)N(C)[C@H](/C=C(\C)C(=O)N[C@H](C)CCC(=O)O)C(C)C)C(C)(C)C)C(C)(C)c1cn(C)c2ccccc12. The quantitative estimate of drug-likeness (QED) is 0.231. The van der Waals surface area contributed by atoms with Crippen LogP contribution in [0.1, 0.15) is 80.7 Å². The maximum Gasteiger partial charge on any atom is 0.303 e. The molecule has 10 heteroatoms. The number of aromatic nitrogens is 1. The van der Waals surface area contributed by atoms with Crippen molar-refractivity contribution >= 4 is 34.6 Å². The van der Waals surface area contributed by atoms with E-state index in [-0.39, 0.29) is 36.1 Å². The Morgan fingerprint density at radius 3 is 2.13 bits per heavy atom. The van der Waals surface area contributed by atoms with Gasteiger partial charge in [-0.1, -0.05) is 72.7 Å². The van der Waals surface area contributed by atoms with Gasteiger partial charge in [0.05, 0.1) is 12.1 Å². The summed E-state index contributed by atoms with van der Waals surface area (Å²) >= 11 is 0. The van der Waals surface area contributed by atoms with Gasteiger partial charge in [0, 0.05) is 54.6 Å². The van der Waals surface area contributed by atoms with Crippen molar-refractivity contribution in [3.05, 3.63) is 47.7 Å². The summed E-state index contributed by atoms with van der Waals surface area (Å²) in [5.74, 6) is -1.79. The van der Waals surface area contributed by atoms with E-state index in [0.29, 0.717) is 12.0 Å². The van der Waals surface area contributed by atoms with Crippen LogP contribution in [-0.2, 0) is 31.6 Å². The number of carbonyl (C=O) groups is 4. The summed E-state index contributed by atoms with van der Waals surface area (Å²) in [4.78, 5) is 53.6. The first-order valence-corrected chi connectivity index (χ1v) is 15.7. The lowest BCUT2D eigenvalue weighted by Crippen LogP contribution is -2.61. The minimum atomic E-state index is -0.915. The van der Waals surface area contributed by atoms with Crippen LogP contribution >= 0.6 is 0 Å². The van der Waals surface area contributed by atoms with E-state index in [4.69, 9.17) is 5.11 Å². The van der Waals surface area contributed by atoms with Crippen LogP contribution in [0.4, 0.5) is 0 Å². The molecule has 1 aromatic heterocycles. The third kappa shape index (κ3) is 9.19. The fourth-order valence-electron chi connectivity index (χ4n) is 5.89. The smallest absolute Gasteiger partial charge is 0.303 e. The normalized spacial score (nSPS) is 15.4. The van der Waals surface area contributed by atoms with Crippen molar-refractivity contribution in [2.24, 2.45) is 18.4 Å². The van der Waals surface area contributed by atoms with Crippen LogP contribution in [0.2, 0.25) is 0 Å². The third-order valence-corrected chi connectivity index (χ3v) is 8.69. The number of aryl methyl sites for hydroxylation is 1. The number of benzene rings is 1. The number of aliphatic carboxylic acids is 1. The zero-order chi connectivity index (χ0) is 34.4. The highest BCUT2D eigenvalue weighted by Crippen LogP contribution is 2.35. The first-order chi connectivity index (χ1) is 20.7. The molecule has 0 unspecified atom stereocenters. The Labute approximate surface area is 269 Å². The monoisotopic (exact) mass is 625 g/mol. The number of fused-ring (bicyclic) bond motifs is 1. The van der Waals surface area contributed by atoms with Crippen LogP contribution in [0, 0.1) is 11.3 Å². The summed E-state index contributed by atoms with van der Waals surface area (Å²) in [6.45, 7) is 17.2. The number of nitrogens with one attached hydrogen (secondary N) is 3. The molecular weight excluding hydrogens is 570 g/mol. The van der Waals surface area contributed by atoms with Crippen LogP contribution in [0.3, 0.4) is 0 Å². The van der Waals surface area contributed by atoms with Crippen LogP contribution in [0.25, 0.3) is 10.9 Å². The van der Waals surface area contributed by atoms with Crippen molar-refractivity contribution in [1.82, 2.24) is 25.4 Å². The minimum Gasteiger partial charge on any atom is -0.481 e. The second kappa shape index (κ2) is 15.1. The standard InChI is InChI=1S/C35H55N5O5/c1-21(2)27(19-22(3)31(43)37-23(4)17-18-28(41)42)40(12)33(45)30(34(5,6)7)38-32(44)29(36-10)35(8,9)25-20-39(11)26-16-14-13-15-24(25)26/h13-16,19-21,23,27,29-30,36H,17-18H2,1-12H3,(H,37,43)(H,38,44)(H,41,42)/b22-19+/t23-,27-,29-,30-/m1/s1. The Hall–Kier alpha value is -3.66. The van der Waals surface area contributed by atoms with Gasteiger partial charge >= 0.3 is 5.97 Å². The molecule has 10 nitrogen and oxygen atoms in total. The van der Waals surface area contributed by atoms with Crippen LogP contribution in [-0.4, -0.2) is 76.5 Å². The van der Waals surface area contributed by atoms with Gasteiger partial charge in [-0.15, -0.1) is 0 Å². The lowest BCUT2D eigenvalue weighted by atomic mass is 9.76. The average Bonchev–Trinajstić information content (AvgIpc) is 3.29. The molecule has 0 spiro atoms. The highest BCUT2D eigenvalue weighted by molar-refractivity contribution is 5.94. The molecule has 250 valence electrons. The zero-order valence-corrected chi connectivity index (χ0v) is 29.2. The Morgan fingerprint density at radius 2 is 1.60 bits per heavy atom. The molecule has 0 saturated heterocycles. The van der Waals surface area contributed by atoms with Gasteiger partial charge in [0.2, 0.25) is 17.7 Å². The number of rotatable bonds is 14. The molecule has 3 amide bonds. The zero-order valence-electron chi connectivity index (χ0n) is 29.2. The summed E-state index contributed by atoms with van der Waals surface area (Å²) in [6, 6.07) is 5.89. The fraction of sp³-hybridized carbons (Fsp3) is 0.600. The lowest BCUT2D eigenvalue weighted by molar-refractivity contribution is -0.141. The molecule has 1 aromatic carbocycles. The Kier molecular flexibility index (Phi) is 12.6. The Balaban J connectivity index is 2.34. The number of carbonyl (C=O) groups excluding carboxylic acids is 3. The van der Waals surface area contributed by atoms with Crippen molar-refractivity contribution in [1.29, 1.82) is 0 Å². The summed E-state index contributed by atoms with van der Waals surface area (Å²) in [7, 11) is 5.45. The molecule has 0 fully saturated rings. The second-order valence-electron chi connectivity index (χ2n) is 14.3. The van der Waals surface area contributed by atoms with E-state index in [1.807, 2.05) is 67.6 Å². The van der Waals surface area contributed by atoms with E-state index in [1.165, 1.54) is 0 Å². The van der Waals surface area contributed by atoms with Gasteiger partial charge in [0.1, 0.15) is 6.04 Å². The van der Waals surface area contributed by atoms with Crippen LogP contribution < -0.4 is 16.0 Å². The minimum absolute atomic E-state index is 0.0298. The number of hydrogen-bond donors (Lipinski definition) is 4. The highest BCUT2D eigenvalue weighted by Gasteiger charge is 2.42. The van der Waals surface area contributed by atoms with Crippen molar-refractivity contribution in [3.8, 4) is 0 Å². The van der Waals surface area contributed by atoms with Crippen LogP contribution in [0.5, 0.6) is 0 Å². The molecule has 2 rings (SSSR count). The summed E-state index contributed by atoms with van der Waals surface area (Å²) in [5.41, 5.74) is 1.31. The Bertz CT molecular complexity index is 1400. The molecule has 0 aliphatic heterocycles. The highest BCUT2D eigenvalue weighted by atomic mass is 16.4. The van der Waals surface area contributed by atoms with Crippen molar-refractivity contribution in [2.45, 2.75) is 105 Å². The summed E-state index contributed by atoms with van der Waals surface area (Å²) in [5, 5.41) is 19.2. The predicted molar refractivity (Wildman–Crippen MR) is 180 cm³/mol. The molecule has 4 atom stereocenters. The van der Waals surface area contributed by atoms with Gasteiger partial charge in [-0.2, -0.15) is 0 Å². The molecule has 45 heavy (non-hydrogen) atoms. The Morgan fingerprint density at radius 1 is 1.00 bits per heavy atom. The van der Waals surface area contributed by atoms with E-state index >= 15 is 0 Å². The van der Waals surface area contributed by atoms with E-state index in [0.717, 1.165) is 16.5 Å². The molecule has 0 saturated carbocycles. The predicted octanol–water partition coefficient (Wildman–Crippen LogP) is 4.37. The summed E-state index contributed by atoms with van der Waals surface area (Å²) < 4.78 is 2.06. The topological polar surface area (TPSA) is 133 Å². The average molecular weight is 626 g/mol. The number of para-hydroxylation sites is 1. The molecule has 1 heterocycles. The fourth-order valence-corrected chi connectivity index (χ4v) is 5.89. The number of nitrogens with zero attached hydrogens (tertiary/aromatic N) is 2. The lowest BCUT2D eigenvalue weighted by Gasteiger charge is -2.39. The van der Waals surface area contributed by atoms with Gasteiger partial charge in [0.25, 0.3) is 0 Å². The largest absolute Gasteiger partial charge is 0.481 e. The second-order valence-corrected chi connectivity index (χ2v) is 14.3. The van der Waals surface area contributed by atoms with E-state index in [1.54, 1.807) is 38.9 Å². The molecule has 4 N–H and O–H groups in total. The van der Waals surface area contributed by atoms with E-state index in [9.17, 15) is 19.2 Å². The van der Waals surface area contributed by atoms with E-state index < -0.39 is 34.9 Å². The molecule has 0 bridgehead atoms. The maximum absolute atomic E-state index is 14.2. The van der Waals surface area contributed by atoms with Crippen molar-refractivity contribution in [2.75, 3.05) is 14.1 Å². The molecule has 0 radical (unpaired) electrons. The molecular formula is C35H55N5O5. The van der Waals surface area contributed by atoms with Crippen molar-refractivity contribution in [3.63, 3.8) is 0 Å². The number of likely N-dealkylation sites (N-methyl/N-ethyl adjacent to an activating group) is 2. The number of hydrogen-bond acceptors (Lipinski definition) is 5. The van der Waals surface area contributed by atoms with Gasteiger partial charge in [-0.3, -0.25) is 19.2 Å². The first-order valence-electron chi connectivity index (χ1n) is 15.7. The maximum atomic E-state index is 14.2. The van der Waals surface area contributed by atoms with Gasteiger partial charge in [-0.25, -0.2) is 0 Å². The number of amides is 3. The van der Waals surface area contributed by atoms with E-state index in [2.05, 4.69) is 38.8 Å². The van der Waals surface area contributed by atoms with Gasteiger partial charge in [0.15, 0.2) is 0 Å². The number of carboxylic acid groups (broad SMARTS) is 1. The van der Waals surface area contributed by atoms with Crippen LogP contribution in [0.15, 0.2) is 42.1 Å². The summed E-state index contributed by atoms with van der Waals surface area (Å²) in [6.07, 6.45) is 4.11.